The molecule has 4 aromatic heterocycles. The first-order valence-electron chi connectivity index (χ1n) is 8.55. The quantitative estimate of drug-likeness (QED) is 0.425. The van der Waals surface area contributed by atoms with Crippen LogP contribution >= 0.6 is 23.1 Å². The molecule has 6 nitrogen and oxygen atoms in total. The van der Waals surface area contributed by atoms with E-state index in [9.17, 15) is 10.1 Å². The standard InChI is InChI=1S/C20H13N5OS2/c1-12-8-18(28-11-13-9-17(26)24-6-7-27-20(24)22-13)25-16-5-3-2-4-15(16)23-19(25)14(12)10-21/h2-9H,11H2,1H3. The van der Waals surface area contributed by atoms with Crippen molar-refractivity contribution in [2.75, 3.05) is 0 Å². The number of thioether (sulfide) groups is 1. The fraction of sp³-hybridized carbons (Fsp3) is 0.100. The minimum atomic E-state index is -0.0731. The number of pyridine rings is 1. The smallest absolute Gasteiger partial charge is 0.258 e. The monoisotopic (exact) mass is 403 g/mol. The van der Waals surface area contributed by atoms with Gasteiger partial charge >= 0.3 is 0 Å². The van der Waals surface area contributed by atoms with E-state index in [1.807, 2.05) is 47.0 Å². The molecule has 136 valence electrons. The number of para-hydroxylation sites is 2. The van der Waals surface area contributed by atoms with Crippen LogP contribution in [0.25, 0.3) is 21.6 Å². The van der Waals surface area contributed by atoms with Crippen molar-refractivity contribution in [3.63, 3.8) is 0 Å². The molecule has 0 amide bonds. The summed E-state index contributed by atoms with van der Waals surface area (Å²) in [5.74, 6) is 0.552. The lowest BCUT2D eigenvalue weighted by molar-refractivity contribution is 1.02. The molecule has 0 radical (unpaired) electrons. The molecule has 4 heterocycles. The van der Waals surface area contributed by atoms with Crippen molar-refractivity contribution >= 4 is 44.7 Å². The number of benzene rings is 1. The van der Waals surface area contributed by atoms with Crippen LogP contribution in [0, 0.1) is 18.3 Å². The highest BCUT2D eigenvalue weighted by atomic mass is 32.2. The second kappa shape index (κ2) is 6.48. The second-order valence-corrected chi connectivity index (χ2v) is 8.21. The highest BCUT2D eigenvalue weighted by Gasteiger charge is 2.15. The molecule has 0 aliphatic rings. The van der Waals surface area contributed by atoms with Crippen molar-refractivity contribution in [2.24, 2.45) is 0 Å². The summed E-state index contributed by atoms with van der Waals surface area (Å²) in [6.07, 6.45) is 1.73. The van der Waals surface area contributed by atoms with Crippen molar-refractivity contribution in [3.8, 4) is 6.07 Å². The SMILES string of the molecule is Cc1cc(SCc2cc(=O)n3ccsc3n2)n2c(nc3ccccc32)c1C#N. The summed E-state index contributed by atoms with van der Waals surface area (Å²) in [5, 5.41) is 12.4. The first-order chi connectivity index (χ1) is 13.7. The van der Waals surface area contributed by atoms with Gasteiger partial charge in [-0.3, -0.25) is 13.6 Å². The third kappa shape index (κ3) is 2.59. The average molecular weight is 403 g/mol. The number of hydrogen-bond donors (Lipinski definition) is 0. The van der Waals surface area contributed by atoms with Gasteiger partial charge in [0.25, 0.3) is 5.56 Å². The van der Waals surface area contributed by atoms with Crippen molar-refractivity contribution in [3.05, 3.63) is 75.1 Å². The first-order valence-corrected chi connectivity index (χ1v) is 10.4. The van der Waals surface area contributed by atoms with Gasteiger partial charge in [-0.05, 0) is 30.7 Å². The van der Waals surface area contributed by atoms with Crippen LogP contribution in [-0.4, -0.2) is 18.8 Å². The van der Waals surface area contributed by atoms with Gasteiger partial charge in [-0.15, -0.1) is 23.1 Å². The topological polar surface area (TPSA) is 75.5 Å². The zero-order valence-electron chi connectivity index (χ0n) is 14.8. The van der Waals surface area contributed by atoms with Crippen LogP contribution in [-0.2, 0) is 5.75 Å². The Labute approximate surface area is 167 Å². The highest BCUT2D eigenvalue weighted by molar-refractivity contribution is 7.98. The van der Waals surface area contributed by atoms with Gasteiger partial charge in [0.05, 0.1) is 27.3 Å². The molecule has 0 fully saturated rings. The predicted molar refractivity (Wildman–Crippen MR) is 111 cm³/mol. The van der Waals surface area contributed by atoms with Crippen LogP contribution in [0.15, 0.2) is 57.8 Å². The van der Waals surface area contributed by atoms with Crippen molar-refractivity contribution < 1.29 is 0 Å². The molecule has 8 heteroatoms. The van der Waals surface area contributed by atoms with Gasteiger partial charge in [-0.25, -0.2) is 9.97 Å². The Balaban J connectivity index is 1.64. The number of aromatic nitrogens is 4. The molecule has 0 unspecified atom stereocenters. The highest BCUT2D eigenvalue weighted by Crippen LogP contribution is 2.30. The Morgan fingerprint density at radius 2 is 2.11 bits per heavy atom. The van der Waals surface area contributed by atoms with Crippen molar-refractivity contribution in [1.29, 1.82) is 5.26 Å². The Morgan fingerprint density at radius 3 is 2.96 bits per heavy atom. The summed E-state index contributed by atoms with van der Waals surface area (Å²) in [5.41, 5.74) is 4.59. The summed E-state index contributed by atoms with van der Waals surface area (Å²) >= 11 is 3.03. The fourth-order valence-corrected chi connectivity index (χ4v) is 5.03. The van der Waals surface area contributed by atoms with Crippen molar-refractivity contribution in [1.82, 2.24) is 18.8 Å². The van der Waals surface area contributed by atoms with E-state index in [0.29, 0.717) is 21.9 Å². The van der Waals surface area contributed by atoms with Crippen LogP contribution in [0.3, 0.4) is 0 Å². The minimum absolute atomic E-state index is 0.0731. The number of hydrogen-bond acceptors (Lipinski definition) is 6. The maximum Gasteiger partial charge on any atom is 0.258 e. The maximum atomic E-state index is 12.2. The number of imidazole rings is 1. The number of nitrogens with zero attached hydrogens (tertiary/aromatic N) is 5. The minimum Gasteiger partial charge on any atom is -0.286 e. The van der Waals surface area contributed by atoms with E-state index in [4.69, 9.17) is 0 Å². The lowest BCUT2D eigenvalue weighted by atomic mass is 10.2. The number of fused-ring (bicyclic) bond motifs is 4. The van der Waals surface area contributed by atoms with Crippen LogP contribution < -0.4 is 5.56 Å². The van der Waals surface area contributed by atoms with Gasteiger partial charge in [0, 0.05) is 23.4 Å². The molecule has 5 aromatic rings. The average Bonchev–Trinajstić information content (AvgIpc) is 3.31. The second-order valence-electron chi connectivity index (χ2n) is 6.34. The van der Waals surface area contributed by atoms with Crippen LogP contribution in [0.5, 0.6) is 0 Å². The van der Waals surface area contributed by atoms with E-state index in [1.165, 1.54) is 11.3 Å². The number of thiazole rings is 1. The molecule has 0 aliphatic carbocycles. The molecule has 0 aliphatic heterocycles. The van der Waals surface area contributed by atoms with E-state index in [-0.39, 0.29) is 5.56 Å². The van der Waals surface area contributed by atoms with Gasteiger partial charge in [-0.2, -0.15) is 5.26 Å². The summed E-state index contributed by atoms with van der Waals surface area (Å²) in [6.45, 7) is 1.92. The molecule has 0 bridgehead atoms. The summed E-state index contributed by atoms with van der Waals surface area (Å²) in [7, 11) is 0. The van der Waals surface area contributed by atoms with E-state index < -0.39 is 0 Å². The third-order valence-electron chi connectivity index (χ3n) is 4.58. The lowest BCUT2D eigenvalue weighted by Crippen LogP contribution is -2.12. The molecule has 0 atom stereocenters. The zero-order chi connectivity index (χ0) is 19.3. The normalized spacial score (nSPS) is 11.4. The van der Waals surface area contributed by atoms with E-state index in [2.05, 4.69) is 16.0 Å². The molecular weight excluding hydrogens is 390 g/mol. The first kappa shape index (κ1) is 17.0. The van der Waals surface area contributed by atoms with Gasteiger partial charge in [0.1, 0.15) is 6.07 Å². The Bertz CT molecular complexity index is 1470. The molecule has 0 saturated heterocycles. The molecular formula is C20H13N5OS2. The third-order valence-corrected chi connectivity index (χ3v) is 6.37. The Hall–Kier alpha value is -3.15. The molecule has 0 N–H and O–H groups in total. The molecule has 5 rings (SSSR count). The van der Waals surface area contributed by atoms with Crippen LogP contribution in [0.4, 0.5) is 0 Å². The number of rotatable bonds is 3. The molecule has 0 saturated carbocycles. The fourth-order valence-electron chi connectivity index (χ4n) is 3.27. The predicted octanol–water partition coefficient (Wildman–Crippen LogP) is 4.03. The summed E-state index contributed by atoms with van der Waals surface area (Å²) < 4.78 is 3.56. The van der Waals surface area contributed by atoms with E-state index >= 15 is 0 Å². The maximum absolute atomic E-state index is 12.2. The zero-order valence-corrected chi connectivity index (χ0v) is 16.4. The van der Waals surface area contributed by atoms with Crippen LogP contribution in [0.1, 0.15) is 16.8 Å². The van der Waals surface area contributed by atoms with Gasteiger partial charge in [0.15, 0.2) is 10.6 Å². The van der Waals surface area contributed by atoms with E-state index in [0.717, 1.165) is 27.3 Å². The van der Waals surface area contributed by atoms with E-state index in [1.54, 1.807) is 28.4 Å². The number of aryl methyl sites for hydroxylation is 1. The van der Waals surface area contributed by atoms with Crippen LogP contribution in [0.2, 0.25) is 0 Å². The summed E-state index contributed by atoms with van der Waals surface area (Å²) in [4.78, 5) is 22.2. The molecule has 28 heavy (non-hydrogen) atoms. The van der Waals surface area contributed by atoms with Gasteiger partial charge in [0.2, 0.25) is 0 Å². The lowest BCUT2D eigenvalue weighted by Gasteiger charge is -2.09. The Morgan fingerprint density at radius 1 is 1.25 bits per heavy atom. The van der Waals surface area contributed by atoms with Crippen molar-refractivity contribution in [2.45, 2.75) is 17.7 Å². The Kier molecular flexibility index (Phi) is 3.93. The molecule has 1 aromatic carbocycles. The summed E-state index contributed by atoms with van der Waals surface area (Å²) in [6, 6.07) is 13.7. The van der Waals surface area contributed by atoms with Gasteiger partial charge < -0.3 is 0 Å². The largest absolute Gasteiger partial charge is 0.286 e. The van der Waals surface area contributed by atoms with Gasteiger partial charge in [-0.1, -0.05) is 12.1 Å². The number of nitriles is 1. The molecule has 0 spiro atoms.